The van der Waals surface area contributed by atoms with Crippen LogP contribution in [0.2, 0.25) is 0 Å². The molecular formula is C18H20O5. The summed E-state index contributed by atoms with van der Waals surface area (Å²) in [5.41, 5.74) is 0.684. The highest BCUT2D eigenvalue weighted by atomic mass is 16.5. The molecule has 23 heavy (non-hydrogen) atoms. The molecule has 1 aliphatic carbocycles. The van der Waals surface area contributed by atoms with Gasteiger partial charge in [-0.25, -0.2) is 0 Å². The summed E-state index contributed by atoms with van der Waals surface area (Å²) >= 11 is 0. The Bertz CT molecular complexity index is 643. The molecule has 1 aromatic rings. The largest absolute Gasteiger partial charge is 0.468 e. The number of benzene rings is 1. The highest BCUT2D eigenvalue weighted by Crippen LogP contribution is 2.56. The van der Waals surface area contributed by atoms with Gasteiger partial charge >= 0.3 is 11.9 Å². The number of ketones is 1. The Labute approximate surface area is 135 Å². The van der Waals surface area contributed by atoms with E-state index in [2.05, 4.69) is 0 Å². The van der Waals surface area contributed by atoms with Crippen LogP contribution in [0.25, 0.3) is 6.08 Å². The first-order valence-corrected chi connectivity index (χ1v) is 7.39. The van der Waals surface area contributed by atoms with Crippen LogP contribution in [0.1, 0.15) is 24.5 Å². The van der Waals surface area contributed by atoms with Crippen molar-refractivity contribution in [1.29, 1.82) is 0 Å². The Hall–Kier alpha value is -2.43. The smallest absolute Gasteiger partial charge is 0.323 e. The Kier molecular flexibility index (Phi) is 4.98. The minimum absolute atomic E-state index is 0.0373. The summed E-state index contributed by atoms with van der Waals surface area (Å²) in [4.78, 5) is 35.1. The van der Waals surface area contributed by atoms with E-state index in [9.17, 15) is 14.4 Å². The summed E-state index contributed by atoms with van der Waals surface area (Å²) < 4.78 is 9.56. The van der Waals surface area contributed by atoms with Crippen LogP contribution >= 0.6 is 0 Å². The Morgan fingerprint density at radius 2 is 1.78 bits per heavy atom. The zero-order chi connectivity index (χ0) is 17.0. The standard InChI is InChI=1S/C18H20O5/c1-12(19)8-9-13-6-4-5-7-14(13)10-15-11-18(15,16(20)22-2)17(21)23-3/h4-9,15H,10-11H2,1-3H3/b9-8+. The van der Waals surface area contributed by atoms with Gasteiger partial charge in [0.2, 0.25) is 0 Å². The van der Waals surface area contributed by atoms with Crippen molar-refractivity contribution in [3.63, 3.8) is 0 Å². The van der Waals surface area contributed by atoms with Crippen molar-refractivity contribution in [2.24, 2.45) is 11.3 Å². The first-order valence-electron chi connectivity index (χ1n) is 7.39. The van der Waals surface area contributed by atoms with Crippen LogP contribution in [0, 0.1) is 11.3 Å². The number of allylic oxidation sites excluding steroid dienone is 1. The molecule has 5 heteroatoms. The molecule has 1 unspecified atom stereocenters. The number of hydrogen-bond donors (Lipinski definition) is 0. The van der Waals surface area contributed by atoms with Gasteiger partial charge in [0.05, 0.1) is 14.2 Å². The van der Waals surface area contributed by atoms with Gasteiger partial charge in [0.1, 0.15) is 0 Å². The number of ether oxygens (including phenoxy) is 2. The number of carbonyl (C=O) groups excluding carboxylic acids is 3. The van der Waals surface area contributed by atoms with E-state index >= 15 is 0 Å². The fourth-order valence-corrected chi connectivity index (χ4v) is 2.88. The lowest BCUT2D eigenvalue weighted by Crippen LogP contribution is -2.30. The van der Waals surface area contributed by atoms with E-state index in [1.165, 1.54) is 27.2 Å². The highest BCUT2D eigenvalue weighted by Gasteiger charge is 2.67. The first kappa shape index (κ1) is 16.9. The molecule has 1 atom stereocenters. The van der Waals surface area contributed by atoms with Gasteiger partial charge in [-0.1, -0.05) is 30.3 Å². The van der Waals surface area contributed by atoms with Gasteiger partial charge in [0.15, 0.2) is 11.2 Å². The second-order valence-corrected chi connectivity index (χ2v) is 5.70. The Morgan fingerprint density at radius 3 is 2.35 bits per heavy atom. The molecule has 0 N–H and O–H groups in total. The fraction of sp³-hybridized carbons (Fsp3) is 0.389. The van der Waals surface area contributed by atoms with E-state index in [1.807, 2.05) is 24.3 Å². The quantitative estimate of drug-likeness (QED) is 0.457. The van der Waals surface area contributed by atoms with Crippen LogP contribution < -0.4 is 0 Å². The van der Waals surface area contributed by atoms with Crippen LogP contribution in [0.3, 0.4) is 0 Å². The predicted octanol–water partition coefficient (Wildman–Crippen LogP) is 2.18. The second-order valence-electron chi connectivity index (χ2n) is 5.70. The minimum Gasteiger partial charge on any atom is -0.468 e. The molecular weight excluding hydrogens is 296 g/mol. The van der Waals surface area contributed by atoms with E-state index in [1.54, 1.807) is 6.08 Å². The van der Waals surface area contributed by atoms with Crippen LogP contribution in [-0.2, 0) is 30.3 Å². The maximum atomic E-state index is 12.0. The van der Waals surface area contributed by atoms with E-state index in [0.717, 1.165) is 11.1 Å². The highest BCUT2D eigenvalue weighted by molar-refractivity contribution is 6.03. The summed E-state index contributed by atoms with van der Waals surface area (Å²) in [7, 11) is 2.54. The normalized spacial score (nSPS) is 18.5. The van der Waals surface area contributed by atoms with Crippen molar-refractivity contribution in [3.8, 4) is 0 Å². The minimum atomic E-state index is -1.19. The number of hydrogen-bond acceptors (Lipinski definition) is 5. The van der Waals surface area contributed by atoms with Gasteiger partial charge in [-0.05, 0) is 42.9 Å². The third-order valence-corrected chi connectivity index (χ3v) is 4.22. The first-order chi connectivity index (χ1) is 11.0. The predicted molar refractivity (Wildman–Crippen MR) is 84.4 cm³/mol. The molecule has 1 aromatic carbocycles. The zero-order valence-electron chi connectivity index (χ0n) is 13.5. The molecule has 5 nitrogen and oxygen atoms in total. The molecule has 0 heterocycles. The summed E-state index contributed by atoms with van der Waals surface area (Å²) in [6.07, 6.45) is 4.21. The van der Waals surface area contributed by atoms with Crippen molar-refractivity contribution in [1.82, 2.24) is 0 Å². The summed E-state index contributed by atoms with van der Waals surface area (Å²) in [5, 5.41) is 0. The van der Waals surface area contributed by atoms with Crippen molar-refractivity contribution >= 4 is 23.8 Å². The van der Waals surface area contributed by atoms with E-state index in [4.69, 9.17) is 9.47 Å². The molecule has 2 rings (SSSR count). The van der Waals surface area contributed by atoms with Crippen molar-refractivity contribution in [2.45, 2.75) is 19.8 Å². The summed E-state index contributed by atoms with van der Waals surface area (Å²) in [6.45, 7) is 1.49. The van der Waals surface area contributed by atoms with Crippen LogP contribution in [0.5, 0.6) is 0 Å². The number of esters is 2. The molecule has 1 aliphatic rings. The molecule has 122 valence electrons. The molecule has 0 bridgehead atoms. The SMILES string of the molecule is COC(=O)C1(C(=O)OC)CC1Cc1ccccc1/C=C/C(C)=O. The molecule has 0 saturated heterocycles. The van der Waals surface area contributed by atoms with Gasteiger partial charge < -0.3 is 9.47 Å². The monoisotopic (exact) mass is 316 g/mol. The zero-order valence-corrected chi connectivity index (χ0v) is 13.5. The molecule has 0 amide bonds. The van der Waals surface area contributed by atoms with Crippen LogP contribution in [-0.4, -0.2) is 31.9 Å². The number of rotatable bonds is 6. The lowest BCUT2D eigenvalue weighted by molar-refractivity contribution is -0.162. The van der Waals surface area contributed by atoms with Crippen molar-refractivity contribution in [3.05, 3.63) is 41.5 Å². The number of carbonyl (C=O) groups is 3. The van der Waals surface area contributed by atoms with Gasteiger partial charge in [-0.15, -0.1) is 0 Å². The van der Waals surface area contributed by atoms with E-state index < -0.39 is 17.4 Å². The van der Waals surface area contributed by atoms with Gasteiger partial charge in [-0.3, -0.25) is 14.4 Å². The third kappa shape index (κ3) is 3.33. The number of methoxy groups -OCH3 is 2. The fourth-order valence-electron chi connectivity index (χ4n) is 2.88. The van der Waals surface area contributed by atoms with Gasteiger partial charge in [-0.2, -0.15) is 0 Å². The summed E-state index contributed by atoms with van der Waals surface area (Å²) in [5.74, 6) is -1.30. The topological polar surface area (TPSA) is 69.7 Å². The molecule has 0 aliphatic heterocycles. The van der Waals surface area contributed by atoms with Gasteiger partial charge in [0.25, 0.3) is 0 Å². The van der Waals surface area contributed by atoms with Crippen molar-refractivity contribution in [2.75, 3.05) is 14.2 Å². The molecule has 0 radical (unpaired) electrons. The van der Waals surface area contributed by atoms with E-state index in [0.29, 0.717) is 12.8 Å². The van der Waals surface area contributed by atoms with Crippen LogP contribution in [0.4, 0.5) is 0 Å². The maximum absolute atomic E-state index is 12.0. The van der Waals surface area contributed by atoms with E-state index in [-0.39, 0.29) is 11.7 Å². The lowest BCUT2D eigenvalue weighted by Gasteiger charge is -2.13. The summed E-state index contributed by atoms with van der Waals surface area (Å²) in [6, 6.07) is 7.59. The second kappa shape index (κ2) is 6.77. The van der Waals surface area contributed by atoms with Crippen molar-refractivity contribution < 1.29 is 23.9 Å². The Balaban J connectivity index is 2.22. The Morgan fingerprint density at radius 1 is 1.17 bits per heavy atom. The molecule has 1 fully saturated rings. The average Bonchev–Trinajstić information content (AvgIpc) is 3.27. The van der Waals surface area contributed by atoms with Gasteiger partial charge in [0, 0.05) is 0 Å². The molecule has 0 aromatic heterocycles. The average molecular weight is 316 g/mol. The third-order valence-electron chi connectivity index (χ3n) is 4.22. The van der Waals surface area contributed by atoms with Crippen LogP contribution in [0.15, 0.2) is 30.3 Å². The molecule has 0 spiro atoms. The maximum Gasteiger partial charge on any atom is 0.323 e. The molecule has 1 saturated carbocycles. The lowest BCUT2D eigenvalue weighted by atomic mass is 9.96.